The van der Waals surface area contributed by atoms with Crippen LogP contribution in [0.1, 0.15) is 17.5 Å². The van der Waals surface area contributed by atoms with Gasteiger partial charge in [0.25, 0.3) is 0 Å². The van der Waals surface area contributed by atoms with Crippen molar-refractivity contribution in [3.05, 3.63) is 41.5 Å². The lowest BCUT2D eigenvalue weighted by atomic mass is 9.82. The van der Waals surface area contributed by atoms with Crippen molar-refractivity contribution < 1.29 is 14.7 Å². The predicted molar refractivity (Wildman–Crippen MR) is 79.9 cm³/mol. The van der Waals surface area contributed by atoms with E-state index in [2.05, 4.69) is 5.32 Å². The van der Waals surface area contributed by atoms with E-state index in [1.807, 2.05) is 44.2 Å². The van der Waals surface area contributed by atoms with Crippen LogP contribution in [0.4, 0.5) is 5.69 Å². The largest absolute Gasteiger partial charge is 0.481 e. The number of carbonyl (C=O) groups is 2. The Morgan fingerprint density at radius 2 is 1.76 bits per heavy atom. The van der Waals surface area contributed by atoms with E-state index >= 15 is 0 Å². The number of rotatable bonds is 3. The van der Waals surface area contributed by atoms with Crippen molar-refractivity contribution in [1.82, 2.24) is 0 Å². The van der Waals surface area contributed by atoms with Gasteiger partial charge >= 0.3 is 5.97 Å². The number of amides is 1. The monoisotopic (exact) mass is 285 g/mol. The third-order valence-electron chi connectivity index (χ3n) is 4.82. The van der Waals surface area contributed by atoms with Crippen LogP contribution in [0.25, 0.3) is 0 Å². The summed E-state index contributed by atoms with van der Waals surface area (Å²) in [5.74, 6) is -2.04. The molecule has 1 saturated carbocycles. The second-order valence-corrected chi connectivity index (χ2v) is 6.13. The minimum atomic E-state index is -0.868. The van der Waals surface area contributed by atoms with E-state index in [1.54, 1.807) is 0 Å². The fourth-order valence-corrected chi connectivity index (χ4v) is 3.56. The summed E-state index contributed by atoms with van der Waals surface area (Å²) in [6, 6.07) is 5.74. The van der Waals surface area contributed by atoms with Crippen LogP contribution >= 0.6 is 0 Å². The average molecular weight is 285 g/mol. The van der Waals surface area contributed by atoms with E-state index in [0.29, 0.717) is 0 Å². The summed E-state index contributed by atoms with van der Waals surface area (Å²) in [5.41, 5.74) is 3.01. The van der Waals surface area contributed by atoms with Crippen LogP contribution < -0.4 is 5.32 Å². The molecule has 0 aliphatic heterocycles. The SMILES string of the molecule is Cc1ccc(NC(=O)[C@H]2[C@H](C(=O)O)[C@H]3C=C[C@H]2C3)cc1C. The second-order valence-electron chi connectivity index (χ2n) is 6.13. The zero-order chi connectivity index (χ0) is 15.1. The summed E-state index contributed by atoms with van der Waals surface area (Å²) in [6.45, 7) is 4.01. The molecule has 3 rings (SSSR count). The molecule has 4 nitrogen and oxygen atoms in total. The molecule has 2 bridgehead atoms. The Hall–Kier alpha value is -2.10. The smallest absolute Gasteiger partial charge is 0.307 e. The molecule has 0 heterocycles. The van der Waals surface area contributed by atoms with Gasteiger partial charge in [0, 0.05) is 5.69 Å². The highest BCUT2D eigenvalue weighted by atomic mass is 16.4. The molecule has 1 aromatic carbocycles. The van der Waals surface area contributed by atoms with Gasteiger partial charge in [0.15, 0.2) is 0 Å². The van der Waals surface area contributed by atoms with E-state index in [-0.39, 0.29) is 17.7 Å². The average Bonchev–Trinajstić information content (AvgIpc) is 3.03. The van der Waals surface area contributed by atoms with Gasteiger partial charge in [-0.2, -0.15) is 0 Å². The number of allylic oxidation sites excluding steroid dienone is 2. The number of benzene rings is 1. The molecule has 2 aliphatic rings. The Balaban J connectivity index is 1.80. The van der Waals surface area contributed by atoms with Crippen LogP contribution in [0, 0.1) is 37.5 Å². The Bertz CT molecular complexity index is 635. The summed E-state index contributed by atoms with van der Waals surface area (Å²) in [7, 11) is 0. The molecule has 110 valence electrons. The van der Waals surface area contributed by atoms with Crippen molar-refractivity contribution >= 4 is 17.6 Å². The van der Waals surface area contributed by atoms with Crippen molar-refractivity contribution in [2.45, 2.75) is 20.3 Å². The van der Waals surface area contributed by atoms with E-state index < -0.39 is 17.8 Å². The zero-order valence-electron chi connectivity index (χ0n) is 12.2. The van der Waals surface area contributed by atoms with Gasteiger partial charge in [0.2, 0.25) is 5.91 Å². The Morgan fingerprint density at radius 3 is 2.38 bits per heavy atom. The summed E-state index contributed by atoms with van der Waals surface area (Å²) < 4.78 is 0. The molecular weight excluding hydrogens is 266 g/mol. The molecule has 1 fully saturated rings. The molecule has 0 aromatic heterocycles. The van der Waals surface area contributed by atoms with Crippen molar-refractivity contribution in [2.24, 2.45) is 23.7 Å². The van der Waals surface area contributed by atoms with Crippen molar-refractivity contribution in [2.75, 3.05) is 5.32 Å². The molecule has 0 spiro atoms. The van der Waals surface area contributed by atoms with Gasteiger partial charge in [-0.05, 0) is 55.4 Å². The predicted octanol–water partition coefficient (Wildman–Crippen LogP) is 2.76. The molecule has 2 N–H and O–H groups in total. The van der Waals surface area contributed by atoms with Crippen LogP contribution in [-0.4, -0.2) is 17.0 Å². The van der Waals surface area contributed by atoms with Crippen LogP contribution in [0.15, 0.2) is 30.4 Å². The lowest BCUT2D eigenvalue weighted by Gasteiger charge is -2.24. The third kappa shape index (κ3) is 2.35. The molecule has 1 amide bonds. The normalized spacial score (nSPS) is 29.6. The third-order valence-corrected chi connectivity index (χ3v) is 4.82. The first-order chi connectivity index (χ1) is 9.97. The molecular formula is C17H19NO3. The Kier molecular flexibility index (Phi) is 3.32. The number of hydrogen-bond acceptors (Lipinski definition) is 2. The zero-order valence-corrected chi connectivity index (χ0v) is 12.2. The van der Waals surface area contributed by atoms with E-state index in [0.717, 1.165) is 17.7 Å². The van der Waals surface area contributed by atoms with Crippen molar-refractivity contribution in [1.29, 1.82) is 0 Å². The number of hydrogen-bond donors (Lipinski definition) is 2. The first-order valence-electron chi connectivity index (χ1n) is 7.26. The quantitative estimate of drug-likeness (QED) is 0.839. The number of fused-ring (bicyclic) bond motifs is 2. The van der Waals surface area contributed by atoms with E-state index in [4.69, 9.17) is 0 Å². The number of carboxylic acids is 1. The number of carboxylic acid groups (broad SMARTS) is 1. The molecule has 0 radical (unpaired) electrons. The standard InChI is InChI=1S/C17H19NO3/c1-9-3-6-13(7-10(9)2)18-16(19)14-11-4-5-12(8-11)15(14)17(20)21/h3-7,11-12,14-15H,8H2,1-2H3,(H,18,19)(H,20,21)/t11-,12-,14+,15+/m0/s1. The lowest BCUT2D eigenvalue weighted by molar-refractivity contribution is -0.146. The maximum Gasteiger partial charge on any atom is 0.307 e. The van der Waals surface area contributed by atoms with E-state index in [1.165, 1.54) is 5.56 Å². The fourth-order valence-electron chi connectivity index (χ4n) is 3.56. The summed E-state index contributed by atoms with van der Waals surface area (Å²) in [5, 5.41) is 12.3. The van der Waals surface area contributed by atoms with Gasteiger partial charge < -0.3 is 10.4 Å². The summed E-state index contributed by atoms with van der Waals surface area (Å²) in [6.07, 6.45) is 4.72. The van der Waals surface area contributed by atoms with Crippen LogP contribution in [0.2, 0.25) is 0 Å². The maximum atomic E-state index is 12.5. The number of aliphatic carboxylic acids is 1. The summed E-state index contributed by atoms with van der Waals surface area (Å²) >= 11 is 0. The Labute approximate surface area is 123 Å². The highest BCUT2D eigenvalue weighted by molar-refractivity contribution is 5.96. The Morgan fingerprint density at radius 1 is 1.10 bits per heavy atom. The van der Waals surface area contributed by atoms with Crippen LogP contribution in [-0.2, 0) is 9.59 Å². The number of nitrogens with one attached hydrogen (secondary N) is 1. The van der Waals surface area contributed by atoms with Gasteiger partial charge in [-0.15, -0.1) is 0 Å². The number of anilines is 1. The van der Waals surface area contributed by atoms with Crippen LogP contribution in [0.5, 0.6) is 0 Å². The number of carbonyl (C=O) groups excluding carboxylic acids is 1. The fraction of sp³-hybridized carbons (Fsp3) is 0.412. The van der Waals surface area contributed by atoms with Crippen molar-refractivity contribution in [3.63, 3.8) is 0 Å². The van der Waals surface area contributed by atoms with Crippen LogP contribution in [0.3, 0.4) is 0 Å². The molecule has 21 heavy (non-hydrogen) atoms. The van der Waals surface area contributed by atoms with Gasteiger partial charge in [0.1, 0.15) is 0 Å². The van der Waals surface area contributed by atoms with Gasteiger partial charge in [-0.1, -0.05) is 18.2 Å². The maximum absolute atomic E-state index is 12.5. The molecule has 0 unspecified atom stereocenters. The summed E-state index contributed by atoms with van der Waals surface area (Å²) in [4.78, 5) is 24.0. The second kappa shape index (κ2) is 5.02. The topological polar surface area (TPSA) is 66.4 Å². The lowest BCUT2D eigenvalue weighted by Crippen LogP contribution is -2.36. The minimum absolute atomic E-state index is 0.00278. The first-order valence-corrected chi connectivity index (χ1v) is 7.26. The van der Waals surface area contributed by atoms with Crippen molar-refractivity contribution in [3.8, 4) is 0 Å². The number of aryl methyl sites for hydroxylation is 2. The van der Waals surface area contributed by atoms with Gasteiger partial charge in [-0.3, -0.25) is 9.59 Å². The van der Waals surface area contributed by atoms with Gasteiger partial charge in [-0.25, -0.2) is 0 Å². The molecule has 4 atom stereocenters. The molecule has 0 saturated heterocycles. The molecule has 4 heteroatoms. The molecule has 1 aromatic rings. The molecule has 2 aliphatic carbocycles. The van der Waals surface area contributed by atoms with Gasteiger partial charge in [0.05, 0.1) is 11.8 Å². The van der Waals surface area contributed by atoms with E-state index in [9.17, 15) is 14.7 Å². The minimum Gasteiger partial charge on any atom is -0.481 e. The first kappa shape index (κ1) is 13.9. The highest BCUT2D eigenvalue weighted by Crippen LogP contribution is 2.48. The highest BCUT2D eigenvalue weighted by Gasteiger charge is 2.51.